The Morgan fingerprint density at radius 2 is 1.62 bits per heavy atom. The third-order valence-corrected chi connectivity index (χ3v) is 15.1. The van der Waals surface area contributed by atoms with Gasteiger partial charge in [-0.15, -0.1) is 0 Å². The van der Waals surface area contributed by atoms with Gasteiger partial charge in [-0.05, 0) is 130 Å². The van der Waals surface area contributed by atoms with Gasteiger partial charge >= 0.3 is 5.97 Å². The van der Waals surface area contributed by atoms with Crippen LogP contribution in [0, 0.1) is 45.3 Å². The van der Waals surface area contributed by atoms with Crippen LogP contribution in [0.2, 0.25) is 0 Å². The van der Waals surface area contributed by atoms with Gasteiger partial charge in [0.1, 0.15) is 12.1 Å². The lowest BCUT2D eigenvalue weighted by molar-refractivity contribution is -0.251. The predicted octanol–water partition coefficient (Wildman–Crippen LogP) is 6.83. The highest BCUT2D eigenvalue weighted by Gasteiger charge is 2.72. The lowest BCUT2D eigenvalue weighted by Crippen LogP contribution is -2.67. The summed E-state index contributed by atoms with van der Waals surface area (Å²) in [5.74, 6) is 0.987. The minimum Gasteiger partial charge on any atom is -0.461 e. The summed E-state index contributed by atoms with van der Waals surface area (Å²) in [4.78, 5) is 13.3. The number of aliphatic hydroxyl groups is 2. The van der Waals surface area contributed by atoms with Crippen LogP contribution in [0.4, 0.5) is 0 Å². The Morgan fingerprint density at radius 3 is 2.27 bits per heavy atom. The molecule has 1 aromatic carbocycles. The second kappa shape index (κ2) is 11.0. The van der Waals surface area contributed by atoms with Crippen molar-refractivity contribution in [1.82, 2.24) is 0 Å². The van der Waals surface area contributed by atoms with Crippen LogP contribution in [0.3, 0.4) is 0 Å². The number of ether oxygens (including phenoxy) is 2. The molecule has 12 atom stereocenters. The van der Waals surface area contributed by atoms with E-state index in [1.165, 1.54) is 0 Å². The predicted molar refractivity (Wildman–Crippen MR) is 177 cm³/mol. The first-order valence-electron chi connectivity index (χ1n) is 17.9. The maximum atomic E-state index is 13.3. The number of aliphatic hydroxyl groups excluding tert-OH is 1. The van der Waals surface area contributed by atoms with Crippen LogP contribution in [0.15, 0.2) is 30.3 Å². The molecule has 252 valence electrons. The van der Waals surface area contributed by atoms with E-state index in [4.69, 9.17) is 15.2 Å². The number of rotatable bonds is 6. The summed E-state index contributed by atoms with van der Waals surface area (Å²) in [7, 11) is 0. The summed E-state index contributed by atoms with van der Waals surface area (Å²) < 4.78 is 13.0. The summed E-state index contributed by atoms with van der Waals surface area (Å²) in [6, 6.07) is 9.26. The number of benzene rings is 1. The smallest absolute Gasteiger partial charge is 0.323 e. The van der Waals surface area contributed by atoms with E-state index in [-0.39, 0.29) is 57.5 Å². The third-order valence-electron chi connectivity index (χ3n) is 15.1. The molecule has 5 aliphatic rings. The van der Waals surface area contributed by atoms with Crippen molar-refractivity contribution in [3.05, 3.63) is 35.9 Å². The molecule has 6 heteroatoms. The standard InChI is InChI=1S/C39H61NO5/c1-34(2)28-15-20-37(6)29(36(28,5)18-16-30(34)44-33(42)26(40)22-24-12-10-9-11-13-24)23-27(41)32-25(14-19-38(32,37)7)39(8)21-17-31(45-39)35(3,4)43/h9-13,25-32,41,43H,14-23,40H2,1-8H3/t25-,26-,27+,28-,29+,30-,31+,32-,36-,37+,38+,39-/m0/s1. The van der Waals surface area contributed by atoms with Crippen molar-refractivity contribution in [3.8, 4) is 0 Å². The Labute approximate surface area is 272 Å². The van der Waals surface area contributed by atoms with Gasteiger partial charge in [0.25, 0.3) is 0 Å². The van der Waals surface area contributed by atoms with E-state index in [1.54, 1.807) is 0 Å². The van der Waals surface area contributed by atoms with E-state index in [2.05, 4.69) is 41.5 Å². The normalized spacial score (nSPS) is 46.5. The first kappa shape index (κ1) is 33.4. The van der Waals surface area contributed by atoms with E-state index in [0.29, 0.717) is 24.2 Å². The van der Waals surface area contributed by atoms with Crippen molar-refractivity contribution in [2.24, 2.45) is 51.1 Å². The van der Waals surface area contributed by atoms with Gasteiger partial charge in [-0.2, -0.15) is 0 Å². The summed E-state index contributed by atoms with van der Waals surface area (Å²) in [6.07, 6.45) is 8.68. The summed E-state index contributed by atoms with van der Waals surface area (Å²) in [5.41, 5.74) is 6.24. The van der Waals surface area contributed by atoms with Crippen LogP contribution in [0.1, 0.15) is 119 Å². The topological polar surface area (TPSA) is 102 Å². The molecule has 0 spiro atoms. The van der Waals surface area contributed by atoms with Gasteiger partial charge in [0.2, 0.25) is 0 Å². The Kier molecular flexibility index (Phi) is 8.20. The van der Waals surface area contributed by atoms with Crippen LogP contribution in [-0.2, 0) is 20.7 Å². The van der Waals surface area contributed by atoms with Gasteiger partial charge in [-0.25, -0.2) is 0 Å². The van der Waals surface area contributed by atoms with Gasteiger partial charge in [-0.3, -0.25) is 4.79 Å². The zero-order chi connectivity index (χ0) is 32.8. The first-order valence-corrected chi connectivity index (χ1v) is 17.9. The van der Waals surface area contributed by atoms with Crippen LogP contribution in [-0.4, -0.2) is 51.7 Å². The maximum absolute atomic E-state index is 13.3. The van der Waals surface area contributed by atoms with Crippen LogP contribution < -0.4 is 5.73 Å². The fourth-order valence-corrected chi connectivity index (χ4v) is 12.4. The number of nitrogens with two attached hydrogens (primary N) is 1. The van der Waals surface area contributed by atoms with Gasteiger partial charge in [0.15, 0.2) is 0 Å². The lowest BCUT2D eigenvalue weighted by atomic mass is 9.35. The van der Waals surface area contributed by atoms with Crippen molar-refractivity contribution < 1.29 is 24.5 Å². The van der Waals surface area contributed by atoms with Crippen molar-refractivity contribution in [1.29, 1.82) is 0 Å². The van der Waals surface area contributed by atoms with Crippen molar-refractivity contribution >= 4 is 5.97 Å². The number of hydrogen-bond acceptors (Lipinski definition) is 6. The summed E-state index contributed by atoms with van der Waals surface area (Å²) >= 11 is 0. The highest BCUT2D eigenvalue weighted by molar-refractivity contribution is 5.76. The molecule has 0 bridgehead atoms. The quantitative estimate of drug-likeness (QED) is 0.300. The van der Waals surface area contributed by atoms with E-state index >= 15 is 0 Å². The van der Waals surface area contributed by atoms with Gasteiger partial charge < -0.3 is 25.4 Å². The molecule has 4 aliphatic carbocycles. The number of carbonyl (C=O) groups excluding carboxylic acids is 1. The zero-order valence-electron chi connectivity index (χ0n) is 29.3. The molecule has 4 N–H and O–H groups in total. The molecule has 1 saturated heterocycles. The number of fused-ring (bicyclic) bond motifs is 5. The molecule has 0 radical (unpaired) electrons. The Hall–Kier alpha value is -1.47. The average Bonchev–Trinajstić information content (AvgIpc) is 3.55. The minimum absolute atomic E-state index is 0.0187. The molecule has 0 unspecified atom stereocenters. The highest BCUT2D eigenvalue weighted by atomic mass is 16.5. The second-order valence-corrected chi connectivity index (χ2v) is 18.2. The lowest BCUT2D eigenvalue weighted by Gasteiger charge is -2.70. The van der Waals surface area contributed by atoms with Gasteiger partial charge in [0.05, 0.1) is 23.4 Å². The van der Waals surface area contributed by atoms with Gasteiger partial charge in [-0.1, -0.05) is 65.0 Å². The molecule has 0 aromatic heterocycles. The molecule has 4 saturated carbocycles. The number of esters is 1. The van der Waals surface area contributed by atoms with E-state index in [0.717, 1.165) is 63.4 Å². The SMILES string of the molecule is CC(C)(O)[C@H]1CC[C@@](C)([C@H]2CC[C@]3(C)[C@@H]2[C@H](O)C[C@@H]2[C@@]4(C)CC[C@H](OC(=O)[C@@H](N)Cc5ccccc5)C(C)(C)[C@@H]4CC[C@]23C)O1. The molecule has 0 amide bonds. The first-order chi connectivity index (χ1) is 20.9. The second-order valence-electron chi connectivity index (χ2n) is 18.2. The van der Waals surface area contributed by atoms with Crippen molar-refractivity contribution in [2.45, 2.75) is 155 Å². The molecule has 6 nitrogen and oxygen atoms in total. The van der Waals surface area contributed by atoms with Crippen LogP contribution in [0.5, 0.6) is 0 Å². The van der Waals surface area contributed by atoms with E-state index in [9.17, 15) is 15.0 Å². The van der Waals surface area contributed by atoms with E-state index < -0.39 is 11.6 Å². The zero-order valence-corrected chi connectivity index (χ0v) is 29.3. The van der Waals surface area contributed by atoms with Crippen LogP contribution in [0.25, 0.3) is 0 Å². The molecular formula is C39H61NO5. The number of hydrogen-bond donors (Lipinski definition) is 3. The fourth-order valence-electron chi connectivity index (χ4n) is 12.4. The Bertz CT molecular complexity index is 1260. The Balaban J connectivity index is 1.21. The molecule has 45 heavy (non-hydrogen) atoms. The summed E-state index contributed by atoms with van der Waals surface area (Å²) in [6.45, 7) is 18.1. The van der Waals surface area contributed by atoms with Crippen molar-refractivity contribution in [2.75, 3.05) is 0 Å². The molecule has 1 aliphatic heterocycles. The maximum Gasteiger partial charge on any atom is 0.323 e. The van der Waals surface area contributed by atoms with Crippen LogP contribution >= 0.6 is 0 Å². The summed E-state index contributed by atoms with van der Waals surface area (Å²) in [5, 5.41) is 22.9. The fraction of sp³-hybridized carbons (Fsp3) is 0.821. The minimum atomic E-state index is -0.859. The largest absolute Gasteiger partial charge is 0.461 e. The molecule has 1 heterocycles. The van der Waals surface area contributed by atoms with Gasteiger partial charge in [0, 0.05) is 5.41 Å². The average molecular weight is 624 g/mol. The molecule has 5 fully saturated rings. The molecular weight excluding hydrogens is 562 g/mol. The monoisotopic (exact) mass is 623 g/mol. The van der Waals surface area contributed by atoms with E-state index in [1.807, 2.05) is 44.2 Å². The van der Waals surface area contributed by atoms with Crippen molar-refractivity contribution in [3.63, 3.8) is 0 Å². The highest BCUT2D eigenvalue weighted by Crippen LogP contribution is 2.76. The molecule has 6 rings (SSSR count). The number of carbonyl (C=O) groups is 1. The third kappa shape index (κ3) is 5.14. The Morgan fingerprint density at radius 1 is 0.956 bits per heavy atom. The molecule has 1 aromatic rings.